The standard InChI is InChI=1S/C12H13N5O/c1-2-18-9-5-3-8(4-6-9)17-12(15)10(7-13)11(14)16-17/h3-6H,2,15H2,1H3,(H2,14,16). The fraction of sp³-hybridized carbons (Fsp3) is 0.167. The third-order valence-corrected chi connectivity index (χ3v) is 2.45. The normalized spacial score (nSPS) is 10.0. The maximum atomic E-state index is 8.89. The van der Waals surface area contributed by atoms with Crippen molar-refractivity contribution in [1.82, 2.24) is 9.78 Å². The minimum Gasteiger partial charge on any atom is -0.494 e. The highest BCUT2D eigenvalue weighted by atomic mass is 16.5. The van der Waals surface area contributed by atoms with Crippen LogP contribution in [-0.4, -0.2) is 16.4 Å². The fourth-order valence-corrected chi connectivity index (χ4v) is 1.61. The number of hydrogen-bond acceptors (Lipinski definition) is 5. The van der Waals surface area contributed by atoms with E-state index >= 15 is 0 Å². The summed E-state index contributed by atoms with van der Waals surface area (Å²) in [4.78, 5) is 0. The number of hydrogen-bond donors (Lipinski definition) is 2. The number of nitrogens with two attached hydrogens (primary N) is 2. The van der Waals surface area contributed by atoms with Crippen molar-refractivity contribution in [3.63, 3.8) is 0 Å². The molecule has 1 heterocycles. The van der Waals surface area contributed by atoms with Crippen molar-refractivity contribution in [3.05, 3.63) is 29.8 Å². The minimum absolute atomic E-state index is 0.129. The molecule has 1 aromatic heterocycles. The lowest BCUT2D eigenvalue weighted by atomic mass is 10.3. The van der Waals surface area contributed by atoms with Crippen LogP contribution in [0, 0.1) is 11.3 Å². The Labute approximate surface area is 104 Å². The van der Waals surface area contributed by atoms with Gasteiger partial charge in [0.2, 0.25) is 0 Å². The van der Waals surface area contributed by atoms with Gasteiger partial charge in [-0.3, -0.25) is 0 Å². The summed E-state index contributed by atoms with van der Waals surface area (Å²) in [5, 5.41) is 12.9. The average molecular weight is 243 g/mol. The molecule has 0 aliphatic heterocycles. The molecular formula is C12H13N5O. The molecule has 0 fully saturated rings. The monoisotopic (exact) mass is 243 g/mol. The molecule has 0 radical (unpaired) electrons. The number of ether oxygens (including phenoxy) is 1. The molecule has 2 aromatic rings. The summed E-state index contributed by atoms with van der Waals surface area (Å²) >= 11 is 0. The first kappa shape index (κ1) is 11.8. The molecule has 0 aliphatic carbocycles. The van der Waals surface area contributed by atoms with E-state index in [4.69, 9.17) is 21.5 Å². The third kappa shape index (κ3) is 1.94. The molecule has 18 heavy (non-hydrogen) atoms. The van der Waals surface area contributed by atoms with E-state index in [1.165, 1.54) is 4.68 Å². The minimum atomic E-state index is 0.129. The second-order valence-corrected chi connectivity index (χ2v) is 3.60. The second kappa shape index (κ2) is 4.67. The van der Waals surface area contributed by atoms with Crippen molar-refractivity contribution in [2.24, 2.45) is 0 Å². The van der Waals surface area contributed by atoms with Gasteiger partial charge in [-0.2, -0.15) is 5.26 Å². The van der Waals surface area contributed by atoms with Gasteiger partial charge < -0.3 is 16.2 Å². The van der Waals surface area contributed by atoms with Crippen LogP contribution in [0.5, 0.6) is 5.75 Å². The quantitative estimate of drug-likeness (QED) is 0.845. The SMILES string of the molecule is CCOc1ccc(-n2nc(N)c(C#N)c2N)cc1. The number of nitriles is 1. The molecule has 0 amide bonds. The molecule has 6 nitrogen and oxygen atoms in total. The van der Waals surface area contributed by atoms with Crippen LogP contribution in [0.25, 0.3) is 5.69 Å². The molecule has 0 spiro atoms. The molecule has 6 heteroatoms. The summed E-state index contributed by atoms with van der Waals surface area (Å²) in [6.45, 7) is 2.52. The zero-order valence-electron chi connectivity index (χ0n) is 9.92. The van der Waals surface area contributed by atoms with Crippen molar-refractivity contribution in [1.29, 1.82) is 5.26 Å². The van der Waals surface area contributed by atoms with Crippen molar-refractivity contribution >= 4 is 11.6 Å². The fourth-order valence-electron chi connectivity index (χ4n) is 1.61. The smallest absolute Gasteiger partial charge is 0.166 e. The van der Waals surface area contributed by atoms with Gasteiger partial charge in [0.05, 0.1) is 12.3 Å². The Bertz CT molecular complexity index is 594. The number of rotatable bonds is 3. The Hall–Kier alpha value is -2.68. The van der Waals surface area contributed by atoms with E-state index in [2.05, 4.69) is 5.10 Å². The number of anilines is 2. The summed E-state index contributed by atoms with van der Waals surface area (Å²) < 4.78 is 6.77. The van der Waals surface area contributed by atoms with Gasteiger partial charge in [0.1, 0.15) is 23.2 Å². The van der Waals surface area contributed by atoms with E-state index in [1.807, 2.05) is 25.1 Å². The average Bonchev–Trinajstić information content (AvgIpc) is 2.66. The van der Waals surface area contributed by atoms with Gasteiger partial charge in [0.15, 0.2) is 5.82 Å². The lowest BCUT2D eigenvalue weighted by Gasteiger charge is -2.06. The van der Waals surface area contributed by atoms with Crippen molar-refractivity contribution in [3.8, 4) is 17.5 Å². The molecule has 1 aromatic carbocycles. The highest BCUT2D eigenvalue weighted by Crippen LogP contribution is 2.23. The maximum Gasteiger partial charge on any atom is 0.166 e. The topological polar surface area (TPSA) is 103 Å². The van der Waals surface area contributed by atoms with Crippen LogP contribution < -0.4 is 16.2 Å². The molecule has 4 N–H and O–H groups in total. The lowest BCUT2D eigenvalue weighted by Crippen LogP contribution is -2.02. The van der Waals surface area contributed by atoms with E-state index in [0.29, 0.717) is 6.61 Å². The third-order valence-electron chi connectivity index (χ3n) is 2.45. The van der Waals surface area contributed by atoms with Crippen LogP contribution in [0.15, 0.2) is 24.3 Å². The molecule has 92 valence electrons. The van der Waals surface area contributed by atoms with E-state index in [-0.39, 0.29) is 17.2 Å². The molecule has 0 unspecified atom stereocenters. The Kier molecular flexibility index (Phi) is 3.06. The van der Waals surface area contributed by atoms with E-state index in [9.17, 15) is 0 Å². The number of nitrogen functional groups attached to an aromatic ring is 2. The molecule has 0 atom stereocenters. The van der Waals surface area contributed by atoms with Crippen LogP contribution in [0.3, 0.4) is 0 Å². The number of benzene rings is 1. The summed E-state index contributed by atoms with van der Waals surface area (Å²) in [5.41, 5.74) is 12.3. The van der Waals surface area contributed by atoms with Gasteiger partial charge in [-0.1, -0.05) is 0 Å². The summed E-state index contributed by atoms with van der Waals surface area (Å²) in [6.07, 6.45) is 0. The first-order valence-corrected chi connectivity index (χ1v) is 5.44. The van der Waals surface area contributed by atoms with Gasteiger partial charge >= 0.3 is 0 Å². The molecular weight excluding hydrogens is 230 g/mol. The second-order valence-electron chi connectivity index (χ2n) is 3.60. The Morgan fingerprint density at radius 2 is 2.00 bits per heavy atom. The van der Waals surface area contributed by atoms with E-state index in [0.717, 1.165) is 11.4 Å². The zero-order chi connectivity index (χ0) is 13.1. The Morgan fingerprint density at radius 3 is 2.50 bits per heavy atom. The van der Waals surface area contributed by atoms with E-state index in [1.54, 1.807) is 12.1 Å². The van der Waals surface area contributed by atoms with Crippen LogP contribution in [0.2, 0.25) is 0 Å². The largest absolute Gasteiger partial charge is 0.494 e. The highest BCUT2D eigenvalue weighted by molar-refractivity contribution is 5.64. The van der Waals surface area contributed by atoms with E-state index < -0.39 is 0 Å². The molecule has 0 saturated carbocycles. The molecule has 2 rings (SSSR count). The summed E-state index contributed by atoms with van der Waals surface area (Å²) in [6, 6.07) is 9.14. The van der Waals surface area contributed by atoms with Crippen LogP contribution in [0.1, 0.15) is 12.5 Å². The van der Waals surface area contributed by atoms with Gasteiger partial charge in [0.25, 0.3) is 0 Å². The lowest BCUT2D eigenvalue weighted by molar-refractivity contribution is 0.340. The first-order chi connectivity index (χ1) is 8.67. The molecule has 0 aliphatic rings. The molecule has 0 bridgehead atoms. The van der Waals surface area contributed by atoms with Crippen molar-refractivity contribution in [2.45, 2.75) is 6.92 Å². The van der Waals surface area contributed by atoms with Crippen LogP contribution >= 0.6 is 0 Å². The van der Waals surface area contributed by atoms with Gasteiger partial charge in [-0.15, -0.1) is 5.10 Å². The van der Waals surface area contributed by atoms with Crippen molar-refractivity contribution < 1.29 is 4.74 Å². The zero-order valence-corrected chi connectivity index (χ0v) is 9.92. The Balaban J connectivity index is 2.40. The maximum absolute atomic E-state index is 8.89. The van der Waals surface area contributed by atoms with Crippen LogP contribution in [0.4, 0.5) is 11.6 Å². The predicted molar refractivity (Wildman–Crippen MR) is 68.3 cm³/mol. The van der Waals surface area contributed by atoms with Crippen molar-refractivity contribution in [2.75, 3.05) is 18.1 Å². The predicted octanol–water partition coefficient (Wildman–Crippen LogP) is 1.31. The van der Waals surface area contributed by atoms with Gasteiger partial charge in [0, 0.05) is 0 Å². The summed E-state index contributed by atoms with van der Waals surface area (Å²) in [7, 11) is 0. The molecule has 0 saturated heterocycles. The van der Waals surface area contributed by atoms with Crippen LogP contribution in [-0.2, 0) is 0 Å². The summed E-state index contributed by atoms with van der Waals surface area (Å²) in [5.74, 6) is 1.13. The number of nitrogens with zero attached hydrogens (tertiary/aromatic N) is 3. The van der Waals surface area contributed by atoms with Gasteiger partial charge in [-0.05, 0) is 31.2 Å². The first-order valence-electron chi connectivity index (χ1n) is 5.44. The number of aromatic nitrogens is 2. The van der Waals surface area contributed by atoms with Gasteiger partial charge in [-0.25, -0.2) is 4.68 Å². The highest BCUT2D eigenvalue weighted by Gasteiger charge is 2.13. The Morgan fingerprint density at radius 1 is 1.33 bits per heavy atom.